The van der Waals surface area contributed by atoms with E-state index in [0.717, 1.165) is 56.9 Å². The summed E-state index contributed by atoms with van der Waals surface area (Å²) in [6.07, 6.45) is 8.20. The standard InChI is InChI=1S/C31H44O7/c1-17-18(2)37-28(27(34)26(17)33)38-21-9-12-29(3)20(15-21)6-7-24-23(29)10-13-30(4)22(11-14-31(24,30)35)19-5-8-25(32)36-16-19/h5,8,15-18,21-24,26-28,33-35H,6-7,9-14H2,1-4H3/t17-,18-,21-,22+,23-,24+,26+,27+,28-,29-,30+,31-/m0/s1. The molecule has 0 spiro atoms. The van der Waals surface area contributed by atoms with Gasteiger partial charge in [-0.15, -0.1) is 0 Å². The van der Waals surface area contributed by atoms with Gasteiger partial charge in [0.2, 0.25) is 0 Å². The van der Waals surface area contributed by atoms with Gasteiger partial charge in [0.05, 0.1) is 30.2 Å². The number of hydrogen-bond donors (Lipinski definition) is 3. The van der Waals surface area contributed by atoms with Gasteiger partial charge in [0.15, 0.2) is 6.29 Å². The van der Waals surface area contributed by atoms with Crippen LogP contribution in [0.2, 0.25) is 0 Å². The lowest BCUT2D eigenvalue weighted by Crippen LogP contribution is -2.60. The third-order valence-corrected chi connectivity index (χ3v) is 11.9. The summed E-state index contributed by atoms with van der Waals surface area (Å²) in [4.78, 5) is 11.6. The average molecular weight is 529 g/mol. The first-order valence-corrected chi connectivity index (χ1v) is 14.7. The lowest BCUT2D eigenvalue weighted by atomic mass is 9.45. The molecule has 0 amide bonds. The van der Waals surface area contributed by atoms with Crippen LogP contribution in [0.4, 0.5) is 0 Å². The van der Waals surface area contributed by atoms with Crippen molar-refractivity contribution in [1.82, 2.24) is 0 Å². The maximum Gasteiger partial charge on any atom is 0.335 e. The third kappa shape index (κ3) is 3.83. The van der Waals surface area contributed by atoms with E-state index in [2.05, 4.69) is 19.9 Å². The maximum absolute atomic E-state index is 12.4. The molecule has 2 heterocycles. The van der Waals surface area contributed by atoms with Crippen molar-refractivity contribution in [2.75, 3.05) is 0 Å². The molecule has 1 aliphatic heterocycles. The van der Waals surface area contributed by atoms with E-state index in [4.69, 9.17) is 13.9 Å². The Balaban J connectivity index is 1.21. The molecule has 1 aromatic heterocycles. The second-order valence-corrected chi connectivity index (χ2v) is 13.5. The minimum Gasteiger partial charge on any atom is -0.431 e. The van der Waals surface area contributed by atoms with Gasteiger partial charge in [-0.3, -0.25) is 0 Å². The minimum absolute atomic E-state index is 0.0187. The highest BCUT2D eigenvalue weighted by molar-refractivity contribution is 5.31. The SMILES string of the molecule is C[C@@H]1[C@@H](O)[C@@H](O)[C@H](O[C@@H]2C=C3CC[C@@H]4[C@H](CC[C@]5(C)[C@@H](c6ccc(=O)oc6)CC[C@]45O)[C@@]3(C)CC2)O[C@H]1C. The largest absolute Gasteiger partial charge is 0.431 e. The lowest BCUT2D eigenvalue weighted by Gasteiger charge is -2.62. The van der Waals surface area contributed by atoms with Gasteiger partial charge in [-0.05, 0) is 93.1 Å². The van der Waals surface area contributed by atoms with E-state index in [1.165, 1.54) is 11.6 Å². The molecule has 0 bridgehead atoms. The Hall–Kier alpha value is -1.51. The molecule has 7 nitrogen and oxygen atoms in total. The van der Waals surface area contributed by atoms with Gasteiger partial charge in [0.1, 0.15) is 6.10 Å². The Morgan fingerprint density at radius 1 is 0.974 bits per heavy atom. The summed E-state index contributed by atoms with van der Waals surface area (Å²) < 4.78 is 17.4. The van der Waals surface area contributed by atoms with Gasteiger partial charge < -0.3 is 29.2 Å². The van der Waals surface area contributed by atoms with E-state index in [1.807, 2.05) is 19.9 Å². The molecule has 7 heteroatoms. The predicted molar refractivity (Wildman–Crippen MR) is 141 cm³/mol. The van der Waals surface area contributed by atoms with Crippen LogP contribution in [0.3, 0.4) is 0 Å². The molecule has 38 heavy (non-hydrogen) atoms. The maximum atomic E-state index is 12.4. The van der Waals surface area contributed by atoms with Gasteiger partial charge in [-0.25, -0.2) is 4.79 Å². The zero-order chi connectivity index (χ0) is 27.0. The molecule has 3 N–H and O–H groups in total. The number of hydrogen-bond acceptors (Lipinski definition) is 7. The number of aliphatic hydroxyl groups is 3. The van der Waals surface area contributed by atoms with E-state index >= 15 is 0 Å². The molecule has 4 fully saturated rings. The summed E-state index contributed by atoms with van der Waals surface area (Å²) in [5.74, 6) is 0.691. The van der Waals surface area contributed by atoms with Crippen LogP contribution in [0, 0.1) is 28.6 Å². The average Bonchev–Trinajstić information content (AvgIpc) is 3.18. The van der Waals surface area contributed by atoms with E-state index < -0.39 is 24.1 Å². The van der Waals surface area contributed by atoms with Crippen LogP contribution in [-0.2, 0) is 9.47 Å². The normalized spacial score (nSPS) is 50.5. The van der Waals surface area contributed by atoms with Crippen molar-refractivity contribution in [1.29, 1.82) is 0 Å². The molecule has 4 aliphatic carbocycles. The molecule has 1 aromatic rings. The molecule has 0 radical (unpaired) electrons. The zero-order valence-electron chi connectivity index (χ0n) is 23.1. The highest BCUT2D eigenvalue weighted by atomic mass is 16.7. The molecule has 0 aromatic carbocycles. The summed E-state index contributed by atoms with van der Waals surface area (Å²) in [5, 5.41) is 33.4. The quantitative estimate of drug-likeness (QED) is 0.502. The summed E-state index contributed by atoms with van der Waals surface area (Å²) in [6, 6.07) is 3.39. The monoisotopic (exact) mass is 528 g/mol. The number of allylic oxidation sites excluding steroid dienone is 1. The smallest absolute Gasteiger partial charge is 0.335 e. The first kappa shape index (κ1) is 26.7. The molecule has 12 atom stereocenters. The van der Waals surface area contributed by atoms with Crippen LogP contribution in [-0.4, -0.2) is 51.6 Å². The predicted octanol–water partition coefficient (Wildman–Crippen LogP) is 4.29. The minimum atomic E-state index is -1.05. The Kier molecular flexibility index (Phi) is 6.51. The third-order valence-electron chi connectivity index (χ3n) is 11.9. The molecule has 0 unspecified atom stereocenters. The van der Waals surface area contributed by atoms with Gasteiger partial charge in [-0.2, -0.15) is 0 Å². The molecular formula is C31H44O7. The summed E-state index contributed by atoms with van der Waals surface area (Å²) in [6.45, 7) is 8.44. The van der Waals surface area contributed by atoms with Crippen molar-refractivity contribution in [3.05, 3.63) is 46.0 Å². The van der Waals surface area contributed by atoms with Gasteiger partial charge in [-0.1, -0.05) is 32.4 Å². The summed E-state index contributed by atoms with van der Waals surface area (Å²) in [5.41, 5.74) is 1.15. The first-order chi connectivity index (χ1) is 18.0. The molecule has 6 rings (SSSR count). The van der Waals surface area contributed by atoms with Crippen LogP contribution >= 0.6 is 0 Å². The van der Waals surface area contributed by atoms with Crippen molar-refractivity contribution in [3.63, 3.8) is 0 Å². The van der Waals surface area contributed by atoms with Gasteiger partial charge in [0.25, 0.3) is 0 Å². The van der Waals surface area contributed by atoms with Gasteiger partial charge >= 0.3 is 5.63 Å². The van der Waals surface area contributed by atoms with Crippen LogP contribution in [0.1, 0.15) is 90.5 Å². The Bertz CT molecular complexity index is 1120. The molecule has 1 saturated heterocycles. The van der Waals surface area contributed by atoms with Crippen LogP contribution in [0.15, 0.2) is 39.3 Å². The topological polar surface area (TPSA) is 109 Å². The second kappa shape index (κ2) is 9.27. The number of rotatable bonds is 3. The molecule has 5 aliphatic rings. The fraction of sp³-hybridized carbons (Fsp3) is 0.774. The Morgan fingerprint density at radius 2 is 1.76 bits per heavy atom. The second-order valence-electron chi connectivity index (χ2n) is 13.5. The fourth-order valence-electron chi connectivity index (χ4n) is 9.33. The van der Waals surface area contributed by atoms with Crippen molar-refractivity contribution >= 4 is 0 Å². The van der Waals surface area contributed by atoms with Crippen LogP contribution < -0.4 is 5.63 Å². The number of aliphatic hydroxyl groups excluding tert-OH is 2. The Labute approximate surface area is 225 Å². The van der Waals surface area contributed by atoms with Gasteiger partial charge in [0, 0.05) is 17.4 Å². The highest BCUT2D eigenvalue weighted by Crippen LogP contribution is 2.70. The molecule has 3 saturated carbocycles. The van der Waals surface area contributed by atoms with Crippen molar-refractivity contribution in [2.45, 2.75) is 121 Å². The zero-order valence-corrected chi connectivity index (χ0v) is 23.1. The summed E-state index contributed by atoms with van der Waals surface area (Å²) >= 11 is 0. The highest BCUT2D eigenvalue weighted by Gasteiger charge is 2.66. The molecule has 210 valence electrons. The van der Waals surface area contributed by atoms with Crippen LogP contribution in [0.5, 0.6) is 0 Å². The van der Waals surface area contributed by atoms with Crippen molar-refractivity contribution in [3.8, 4) is 0 Å². The lowest BCUT2D eigenvalue weighted by molar-refractivity contribution is -0.289. The van der Waals surface area contributed by atoms with E-state index in [-0.39, 0.29) is 46.4 Å². The van der Waals surface area contributed by atoms with Crippen LogP contribution in [0.25, 0.3) is 0 Å². The fourth-order valence-corrected chi connectivity index (χ4v) is 9.33. The van der Waals surface area contributed by atoms with E-state index in [0.29, 0.717) is 5.92 Å². The van der Waals surface area contributed by atoms with Crippen molar-refractivity contribution in [2.24, 2.45) is 28.6 Å². The molecular weight excluding hydrogens is 484 g/mol. The summed E-state index contributed by atoms with van der Waals surface area (Å²) in [7, 11) is 0. The Morgan fingerprint density at radius 3 is 2.50 bits per heavy atom. The number of ether oxygens (including phenoxy) is 2. The first-order valence-electron chi connectivity index (χ1n) is 14.7. The number of fused-ring (bicyclic) bond motifs is 5. The van der Waals surface area contributed by atoms with Crippen molar-refractivity contribution < 1.29 is 29.2 Å². The van der Waals surface area contributed by atoms with E-state index in [1.54, 1.807) is 6.26 Å². The van der Waals surface area contributed by atoms with E-state index in [9.17, 15) is 20.1 Å².